The van der Waals surface area contributed by atoms with Gasteiger partial charge in [-0.25, -0.2) is 9.18 Å². The number of thiophene rings is 1. The molecule has 196 valence electrons. The largest absolute Gasteiger partial charge is 0.332 e. The Morgan fingerprint density at radius 3 is 2.43 bits per heavy atom. The lowest BCUT2D eigenvalue weighted by Gasteiger charge is -2.29. The molecule has 3 amide bonds. The first kappa shape index (κ1) is 27.3. The Hall–Kier alpha value is -2.75. The van der Waals surface area contributed by atoms with Crippen molar-refractivity contribution in [3.05, 3.63) is 86.3 Å². The van der Waals surface area contributed by atoms with Crippen molar-refractivity contribution in [3.63, 3.8) is 0 Å². The molecule has 1 fully saturated rings. The third-order valence-electron chi connectivity index (χ3n) is 6.56. The Morgan fingerprint density at radius 2 is 1.76 bits per heavy atom. The SMILES string of the molecule is Cc1ccsc1CN(Cc1ccc(F)cc1)C(=O)CN(CCN1CCCC1)C(=O)Nc1ccccc1Br. The minimum atomic E-state index is -0.312. The van der Waals surface area contributed by atoms with Crippen LogP contribution < -0.4 is 5.32 Å². The molecule has 1 aromatic heterocycles. The molecule has 0 unspecified atom stereocenters. The third kappa shape index (κ3) is 7.87. The molecule has 2 aromatic carbocycles. The van der Waals surface area contributed by atoms with E-state index in [-0.39, 0.29) is 24.3 Å². The van der Waals surface area contributed by atoms with Crippen LogP contribution in [0.2, 0.25) is 0 Å². The van der Waals surface area contributed by atoms with Crippen molar-refractivity contribution in [1.82, 2.24) is 14.7 Å². The highest BCUT2D eigenvalue weighted by Gasteiger charge is 2.24. The summed E-state index contributed by atoms with van der Waals surface area (Å²) in [5, 5.41) is 4.96. The van der Waals surface area contributed by atoms with Crippen LogP contribution in [0.15, 0.2) is 64.5 Å². The van der Waals surface area contributed by atoms with E-state index in [1.165, 1.54) is 12.1 Å². The van der Waals surface area contributed by atoms with E-state index in [0.717, 1.165) is 53.0 Å². The third-order valence-corrected chi connectivity index (χ3v) is 8.25. The van der Waals surface area contributed by atoms with Crippen LogP contribution in [-0.2, 0) is 17.9 Å². The van der Waals surface area contributed by atoms with Crippen molar-refractivity contribution < 1.29 is 14.0 Å². The Kier molecular flexibility index (Phi) is 9.71. The number of aryl methyl sites for hydroxylation is 1. The number of anilines is 1. The molecule has 0 radical (unpaired) electrons. The summed E-state index contributed by atoms with van der Waals surface area (Å²) < 4.78 is 14.3. The van der Waals surface area contributed by atoms with Gasteiger partial charge in [0.2, 0.25) is 5.91 Å². The normalized spacial score (nSPS) is 13.5. The Labute approximate surface area is 230 Å². The van der Waals surface area contributed by atoms with Crippen LogP contribution in [0.25, 0.3) is 0 Å². The number of para-hydroxylation sites is 1. The number of hydrogen-bond donors (Lipinski definition) is 1. The maximum Gasteiger partial charge on any atom is 0.322 e. The van der Waals surface area contributed by atoms with Crippen LogP contribution in [0, 0.1) is 12.7 Å². The summed E-state index contributed by atoms with van der Waals surface area (Å²) in [7, 11) is 0. The average molecular weight is 588 g/mol. The molecular formula is C28H32BrFN4O2S. The van der Waals surface area contributed by atoms with E-state index in [9.17, 15) is 14.0 Å². The van der Waals surface area contributed by atoms with Gasteiger partial charge in [0.1, 0.15) is 12.4 Å². The molecule has 1 N–H and O–H groups in total. The fourth-order valence-electron chi connectivity index (χ4n) is 4.32. The molecule has 0 bridgehead atoms. The fourth-order valence-corrected chi connectivity index (χ4v) is 5.63. The number of urea groups is 1. The fraction of sp³-hybridized carbons (Fsp3) is 0.357. The lowest BCUT2D eigenvalue weighted by molar-refractivity contribution is -0.133. The quantitative estimate of drug-likeness (QED) is 0.311. The van der Waals surface area contributed by atoms with Crippen molar-refractivity contribution in [1.29, 1.82) is 0 Å². The van der Waals surface area contributed by atoms with Crippen molar-refractivity contribution in [2.24, 2.45) is 0 Å². The summed E-state index contributed by atoms with van der Waals surface area (Å²) in [6.07, 6.45) is 2.32. The molecule has 9 heteroatoms. The van der Waals surface area contributed by atoms with Crippen molar-refractivity contribution in [2.45, 2.75) is 32.9 Å². The van der Waals surface area contributed by atoms with Crippen molar-refractivity contribution >= 4 is 44.9 Å². The summed E-state index contributed by atoms with van der Waals surface area (Å²) in [5.74, 6) is -0.464. The van der Waals surface area contributed by atoms with Gasteiger partial charge in [-0.2, -0.15) is 0 Å². The van der Waals surface area contributed by atoms with E-state index >= 15 is 0 Å². The molecule has 0 saturated carbocycles. The number of carbonyl (C=O) groups excluding carboxylic acids is 2. The Balaban J connectivity index is 1.51. The van der Waals surface area contributed by atoms with Gasteiger partial charge in [-0.1, -0.05) is 24.3 Å². The molecule has 1 saturated heterocycles. The van der Waals surface area contributed by atoms with Crippen molar-refractivity contribution in [3.8, 4) is 0 Å². The second-order valence-corrected chi connectivity index (χ2v) is 11.1. The van der Waals surface area contributed by atoms with E-state index < -0.39 is 0 Å². The molecule has 1 aliphatic heterocycles. The number of carbonyl (C=O) groups is 2. The van der Waals surface area contributed by atoms with Crippen LogP contribution >= 0.6 is 27.3 Å². The van der Waals surface area contributed by atoms with Crippen LogP contribution in [0.5, 0.6) is 0 Å². The first-order valence-corrected chi connectivity index (χ1v) is 14.1. The summed E-state index contributed by atoms with van der Waals surface area (Å²) in [6.45, 7) is 5.95. The van der Waals surface area contributed by atoms with Gasteiger partial charge < -0.3 is 20.0 Å². The molecule has 1 aliphatic rings. The molecule has 3 aromatic rings. The van der Waals surface area contributed by atoms with Gasteiger partial charge in [-0.3, -0.25) is 4.79 Å². The lowest BCUT2D eigenvalue weighted by atomic mass is 10.2. The zero-order valence-corrected chi connectivity index (χ0v) is 23.4. The molecule has 0 aliphatic carbocycles. The zero-order chi connectivity index (χ0) is 26.2. The van der Waals surface area contributed by atoms with Gasteiger partial charge in [0.15, 0.2) is 0 Å². The van der Waals surface area contributed by atoms with Crippen LogP contribution in [0.3, 0.4) is 0 Å². The van der Waals surface area contributed by atoms with E-state index in [4.69, 9.17) is 0 Å². The monoisotopic (exact) mass is 586 g/mol. The topological polar surface area (TPSA) is 55.9 Å². The number of nitrogens with zero attached hydrogens (tertiary/aromatic N) is 3. The van der Waals surface area contributed by atoms with Crippen LogP contribution in [0.4, 0.5) is 14.9 Å². The standard InChI is InChI=1S/C28H32BrFN4O2S/c1-21-12-17-37-26(21)19-34(18-22-8-10-23(30)11-9-22)27(35)20-33(16-15-32-13-4-5-14-32)28(36)31-25-7-3-2-6-24(25)29/h2-3,6-12,17H,4-5,13-16,18-20H2,1H3,(H,31,36). The van der Waals surface area contributed by atoms with Gasteiger partial charge >= 0.3 is 6.03 Å². The van der Waals surface area contributed by atoms with Gasteiger partial charge in [0.25, 0.3) is 0 Å². The minimum Gasteiger partial charge on any atom is -0.332 e. The van der Waals surface area contributed by atoms with Gasteiger partial charge in [0, 0.05) is 29.0 Å². The average Bonchev–Trinajstić information content (AvgIpc) is 3.55. The second-order valence-electron chi connectivity index (χ2n) is 9.28. The van der Waals surface area contributed by atoms with Crippen LogP contribution in [-0.4, -0.2) is 59.4 Å². The maximum atomic E-state index is 13.7. The second kappa shape index (κ2) is 13.2. The maximum absolute atomic E-state index is 13.7. The highest BCUT2D eigenvalue weighted by molar-refractivity contribution is 9.10. The highest BCUT2D eigenvalue weighted by Crippen LogP contribution is 2.23. The first-order valence-electron chi connectivity index (χ1n) is 12.5. The van der Waals surface area contributed by atoms with E-state index in [1.807, 2.05) is 42.6 Å². The smallest absolute Gasteiger partial charge is 0.322 e. The van der Waals surface area contributed by atoms with E-state index in [0.29, 0.717) is 25.3 Å². The minimum absolute atomic E-state index is 0.0459. The van der Waals surface area contributed by atoms with Gasteiger partial charge in [0.05, 0.1) is 12.2 Å². The lowest BCUT2D eigenvalue weighted by Crippen LogP contribution is -2.46. The number of hydrogen-bond acceptors (Lipinski definition) is 4. The number of halogens is 2. The number of benzene rings is 2. The molecule has 6 nitrogen and oxygen atoms in total. The molecule has 4 rings (SSSR count). The van der Waals surface area contributed by atoms with Crippen LogP contribution in [0.1, 0.15) is 28.8 Å². The number of rotatable bonds is 10. The predicted octanol–water partition coefficient (Wildman–Crippen LogP) is 6.12. The Bertz CT molecular complexity index is 1200. The predicted molar refractivity (Wildman–Crippen MR) is 150 cm³/mol. The molecule has 2 heterocycles. The first-order chi connectivity index (χ1) is 17.9. The van der Waals surface area contributed by atoms with E-state index in [2.05, 4.69) is 26.1 Å². The highest BCUT2D eigenvalue weighted by atomic mass is 79.9. The van der Waals surface area contributed by atoms with Crippen molar-refractivity contribution in [2.75, 3.05) is 38.0 Å². The molecule has 0 atom stereocenters. The molecular weight excluding hydrogens is 555 g/mol. The summed E-state index contributed by atoms with van der Waals surface area (Å²) in [6, 6.07) is 15.4. The zero-order valence-electron chi connectivity index (χ0n) is 21.0. The number of nitrogens with one attached hydrogen (secondary N) is 1. The summed E-state index contributed by atoms with van der Waals surface area (Å²) in [5.41, 5.74) is 2.62. The summed E-state index contributed by atoms with van der Waals surface area (Å²) in [4.78, 5) is 33.8. The number of likely N-dealkylation sites (tertiary alicyclic amines) is 1. The number of amides is 3. The molecule has 37 heavy (non-hydrogen) atoms. The van der Waals surface area contributed by atoms with Gasteiger partial charge in [-0.15, -0.1) is 11.3 Å². The molecule has 0 spiro atoms. The summed E-state index contributed by atoms with van der Waals surface area (Å²) >= 11 is 5.09. The van der Waals surface area contributed by atoms with E-state index in [1.54, 1.807) is 33.3 Å². The van der Waals surface area contributed by atoms with Gasteiger partial charge in [-0.05, 0) is 95.6 Å². The Morgan fingerprint density at radius 1 is 1.03 bits per heavy atom.